The first-order valence-corrected chi connectivity index (χ1v) is 8.04. The van der Waals surface area contributed by atoms with Gasteiger partial charge in [0.1, 0.15) is 0 Å². The van der Waals surface area contributed by atoms with Gasteiger partial charge in [-0.3, -0.25) is 0 Å². The Labute approximate surface area is 130 Å². The molecule has 3 atom stereocenters. The fourth-order valence-electron chi connectivity index (χ4n) is 4.32. The van der Waals surface area contributed by atoms with Crippen molar-refractivity contribution in [1.29, 1.82) is 0 Å². The van der Waals surface area contributed by atoms with Crippen molar-refractivity contribution in [3.63, 3.8) is 0 Å². The molecule has 2 aliphatic rings. The summed E-state index contributed by atoms with van der Waals surface area (Å²) in [4.78, 5) is 0. The minimum Gasteiger partial charge on any atom is -0.381 e. The molecule has 0 amide bonds. The van der Waals surface area contributed by atoms with E-state index in [2.05, 4.69) is 24.4 Å². The maximum atomic E-state index is 6.23. The monoisotopic (exact) mass is 313 g/mol. The molecule has 1 aliphatic carbocycles. The first-order valence-electron chi connectivity index (χ1n) is 7.29. The van der Waals surface area contributed by atoms with Crippen LogP contribution in [0.25, 0.3) is 0 Å². The summed E-state index contributed by atoms with van der Waals surface area (Å²) in [6, 6.07) is 6.12. The lowest BCUT2D eigenvalue weighted by Crippen LogP contribution is -2.45. The van der Waals surface area contributed by atoms with Crippen LogP contribution in [0.5, 0.6) is 0 Å². The highest BCUT2D eigenvalue weighted by atomic mass is 35.5. The van der Waals surface area contributed by atoms with Gasteiger partial charge in [-0.2, -0.15) is 0 Å². The van der Waals surface area contributed by atoms with E-state index in [-0.39, 0.29) is 10.8 Å². The van der Waals surface area contributed by atoms with Gasteiger partial charge in [0.05, 0.1) is 16.1 Å². The molecule has 0 spiro atoms. The Morgan fingerprint density at radius 3 is 2.80 bits per heavy atom. The van der Waals surface area contributed by atoms with Crippen LogP contribution >= 0.6 is 23.2 Å². The number of rotatable bonds is 4. The predicted molar refractivity (Wildman–Crippen MR) is 83.8 cm³/mol. The molecule has 0 bridgehead atoms. The smallest absolute Gasteiger partial charge is 0.0646 e. The van der Waals surface area contributed by atoms with Gasteiger partial charge in [0.2, 0.25) is 0 Å². The normalized spacial score (nSPS) is 33.6. The summed E-state index contributed by atoms with van der Waals surface area (Å²) in [5.41, 5.74) is 1.75. The van der Waals surface area contributed by atoms with Gasteiger partial charge in [-0.05, 0) is 43.5 Å². The number of hydrogen-bond donors (Lipinski definition) is 1. The topological polar surface area (TPSA) is 21.3 Å². The van der Waals surface area contributed by atoms with E-state index < -0.39 is 0 Å². The second-order valence-corrected chi connectivity index (χ2v) is 6.92. The van der Waals surface area contributed by atoms with Crippen LogP contribution in [-0.4, -0.2) is 26.3 Å². The fourth-order valence-corrected chi connectivity index (χ4v) is 4.62. The average Bonchev–Trinajstić information content (AvgIpc) is 3.14. The molecule has 20 heavy (non-hydrogen) atoms. The van der Waals surface area contributed by atoms with E-state index in [1.165, 1.54) is 12.0 Å². The van der Waals surface area contributed by atoms with Crippen molar-refractivity contribution in [3.05, 3.63) is 33.8 Å². The molecule has 3 rings (SSSR count). The zero-order chi connectivity index (χ0) is 14.4. The van der Waals surface area contributed by atoms with Crippen molar-refractivity contribution in [1.82, 2.24) is 5.32 Å². The number of nitrogens with one attached hydrogen (secondary N) is 1. The Kier molecular flexibility index (Phi) is 3.79. The Hall–Kier alpha value is -0.280. The fraction of sp³-hybridized carbons (Fsp3) is 0.625. The van der Waals surface area contributed by atoms with Gasteiger partial charge in [0, 0.05) is 24.5 Å². The van der Waals surface area contributed by atoms with Crippen LogP contribution in [-0.2, 0) is 10.2 Å². The highest BCUT2D eigenvalue weighted by Crippen LogP contribution is 2.70. The van der Waals surface area contributed by atoms with E-state index in [1.807, 2.05) is 13.2 Å². The highest BCUT2D eigenvalue weighted by molar-refractivity contribution is 6.42. The first kappa shape index (κ1) is 14.6. The van der Waals surface area contributed by atoms with Crippen LogP contribution in [0.15, 0.2) is 18.2 Å². The summed E-state index contributed by atoms with van der Waals surface area (Å²) in [5, 5.41) is 4.83. The summed E-state index contributed by atoms with van der Waals surface area (Å²) in [5.74, 6) is 0. The van der Waals surface area contributed by atoms with E-state index in [0.29, 0.717) is 16.1 Å². The van der Waals surface area contributed by atoms with E-state index >= 15 is 0 Å². The maximum absolute atomic E-state index is 6.23. The summed E-state index contributed by atoms with van der Waals surface area (Å²) < 4.78 is 5.79. The minimum absolute atomic E-state index is 0.211. The van der Waals surface area contributed by atoms with Crippen molar-refractivity contribution in [2.24, 2.45) is 5.41 Å². The Bertz CT molecular complexity index is 517. The lowest BCUT2D eigenvalue weighted by atomic mass is 9.77. The molecule has 110 valence electrons. The molecule has 0 radical (unpaired) electrons. The minimum atomic E-state index is 0.211. The number of piperidine rings is 1. The molecule has 2 fully saturated rings. The van der Waals surface area contributed by atoms with Crippen molar-refractivity contribution in [3.8, 4) is 0 Å². The zero-order valence-electron chi connectivity index (χ0n) is 12.0. The predicted octanol–water partition coefficient (Wildman–Crippen LogP) is 4.04. The van der Waals surface area contributed by atoms with E-state index in [4.69, 9.17) is 27.9 Å². The second-order valence-electron chi connectivity index (χ2n) is 6.10. The number of hydrogen-bond acceptors (Lipinski definition) is 2. The number of fused-ring (bicyclic) bond motifs is 1. The quantitative estimate of drug-likeness (QED) is 0.905. The number of methoxy groups -OCH3 is 1. The average molecular weight is 314 g/mol. The third kappa shape index (κ3) is 1.93. The maximum Gasteiger partial charge on any atom is 0.0646 e. The first-order chi connectivity index (χ1) is 9.59. The van der Waals surface area contributed by atoms with Gasteiger partial charge < -0.3 is 10.1 Å². The summed E-state index contributed by atoms with van der Waals surface area (Å²) >= 11 is 12.3. The zero-order valence-corrected chi connectivity index (χ0v) is 13.5. The molecule has 1 unspecified atom stereocenters. The van der Waals surface area contributed by atoms with E-state index in [0.717, 1.165) is 25.9 Å². The molecule has 1 aromatic carbocycles. The van der Waals surface area contributed by atoms with Crippen LogP contribution in [0.1, 0.15) is 31.7 Å². The van der Waals surface area contributed by atoms with Gasteiger partial charge in [-0.1, -0.05) is 36.2 Å². The molecule has 1 N–H and O–H groups in total. The van der Waals surface area contributed by atoms with Crippen LogP contribution in [0.4, 0.5) is 0 Å². The van der Waals surface area contributed by atoms with Crippen LogP contribution < -0.4 is 5.32 Å². The standard InChI is InChI=1S/C16H21Cl2NO/c1-3-14(20-2)16-9-15(16,6-7-19-10-16)11-4-5-12(17)13(18)8-11/h4-5,8,14,19H,3,6-7,9-10H2,1-2H3/t14-,15-,16?/m0/s1. The van der Waals surface area contributed by atoms with Crippen molar-refractivity contribution in [2.45, 2.75) is 37.7 Å². The van der Waals surface area contributed by atoms with Crippen LogP contribution in [0, 0.1) is 5.41 Å². The van der Waals surface area contributed by atoms with Gasteiger partial charge in [-0.15, -0.1) is 0 Å². The molecule has 4 heteroatoms. The number of halogens is 2. The molecule has 1 heterocycles. The summed E-state index contributed by atoms with van der Waals surface area (Å²) in [6.45, 7) is 4.29. The van der Waals surface area contributed by atoms with Gasteiger partial charge in [0.15, 0.2) is 0 Å². The lowest BCUT2D eigenvalue weighted by Gasteiger charge is -2.36. The van der Waals surface area contributed by atoms with E-state index in [9.17, 15) is 0 Å². The number of benzene rings is 1. The highest BCUT2D eigenvalue weighted by Gasteiger charge is 2.71. The third-order valence-electron chi connectivity index (χ3n) is 5.36. The van der Waals surface area contributed by atoms with Crippen molar-refractivity contribution < 1.29 is 4.74 Å². The molecule has 2 nitrogen and oxygen atoms in total. The van der Waals surface area contributed by atoms with Gasteiger partial charge in [-0.25, -0.2) is 0 Å². The molecule has 1 saturated carbocycles. The molecule has 1 saturated heterocycles. The van der Waals surface area contributed by atoms with E-state index in [1.54, 1.807) is 0 Å². The van der Waals surface area contributed by atoms with Crippen LogP contribution in [0.2, 0.25) is 10.0 Å². The van der Waals surface area contributed by atoms with Crippen molar-refractivity contribution in [2.75, 3.05) is 20.2 Å². The largest absolute Gasteiger partial charge is 0.381 e. The van der Waals surface area contributed by atoms with Gasteiger partial charge >= 0.3 is 0 Å². The summed E-state index contributed by atoms with van der Waals surface area (Å²) in [6.07, 6.45) is 3.66. The molecule has 1 aliphatic heterocycles. The SMILES string of the molecule is CC[C@H](OC)C12CNCC[C@@]1(c1ccc(Cl)c(Cl)c1)C2. The Balaban J connectivity index is 2.00. The lowest BCUT2D eigenvalue weighted by molar-refractivity contribution is 0.0189. The molecule has 1 aromatic rings. The number of ether oxygens (including phenoxy) is 1. The molecular weight excluding hydrogens is 293 g/mol. The Morgan fingerprint density at radius 1 is 1.35 bits per heavy atom. The summed E-state index contributed by atoms with van der Waals surface area (Å²) in [7, 11) is 1.83. The Morgan fingerprint density at radius 2 is 2.15 bits per heavy atom. The van der Waals surface area contributed by atoms with Crippen molar-refractivity contribution >= 4 is 23.2 Å². The van der Waals surface area contributed by atoms with Crippen LogP contribution in [0.3, 0.4) is 0 Å². The molecular formula is C16H21Cl2NO. The molecule has 0 aromatic heterocycles. The van der Waals surface area contributed by atoms with Gasteiger partial charge in [0.25, 0.3) is 0 Å². The third-order valence-corrected chi connectivity index (χ3v) is 6.10. The second kappa shape index (κ2) is 5.17.